The number of sulfonamides is 1. The maximum absolute atomic E-state index is 12.0. The summed E-state index contributed by atoms with van der Waals surface area (Å²) < 4.78 is 26.4. The number of rotatable bonds is 6. The van der Waals surface area contributed by atoms with Crippen molar-refractivity contribution < 1.29 is 8.42 Å². The molecule has 1 aliphatic heterocycles. The first kappa shape index (κ1) is 16.3. The van der Waals surface area contributed by atoms with Crippen LogP contribution in [0.2, 0.25) is 0 Å². The van der Waals surface area contributed by atoms with Crippen LogP contribution in [-0.2, 0) is 10.0 Å². The lowest BCUT2D eigenvalue weighted by atomic mass is 10.0. The van der Waals surface area contributed by atoms with Crippen molar-refractivity contribution in [3.63, 3.8) is 0 Å². The van der Waals surface area contributed by atoms with Gasteiger partial charge in [0.2, 0.25) is 10.0 Å². The van der Waals surface area contributed by atoms with Gasteiger partial charge in [0, 0.05) is 12.6 Å². The number of anilines is 1. The maximum Gasteiger partial charge on any atom is 0.242 e. The molecule has 1 heterocycles. The topological polar surface area (TPSA) is 61.4 Å². The van der Waals surface area contributed by atoms with Gasteiger partial charge in [-0.3, -0.25) is 4.90 Å². The fraction of sp³-hybridized carbons (Fsp3) is 0.600. The van der Waals surface area contributed by atoms with E-state index in [0.717, 1.165) is 19.6 Å². The van der Waals surface area contributed by atoms with Crippen LogP contribution in [0.4, 0.5) is 5.69 Å². The molecule has 6 heteroatoms. The lowest BCUT2D eigenvalue weighted by Crippen LogP contribution is -2.43. The van der Waals surface area contributed by atoms with Crippen molar-refractivity contribution in [2.24, 2.45) is 0 Å². The first-order valence-electron chi connectivity index (χ1n) is 7.59. The Balaban J connectivity index is 2.10. The Hall–Kier alpha value is -1.11. The zero-order valence-electron chi connectivity index (χ0n) is 12.8. The predicted molar refractivity (Wildman–Crippen MR) is 86.1 cm³/mol. The summed E-state index contributed by atoms with van der Waals surface area (Å²) in [5, 5.41) is 3.33. The van der Waals surface area contributed by atoms with Gasteiger partial charge in [-0.05, 0) is 45.1 Å². The predicted octanol–water partition coefficient (Wildman–Crippen LogP) is 1.88. The van der Waals surface area contributed by atoms with E-state index in [0.29, 0.717) is 16.6 Å². The third-order valence-corrected chi connectivity index (χ3v) is 5.60. The minimum Gasteiger partial charge on any atom is -0.382 e. The zero-order valence-corrected chi connectivity index (χ0v) is 13.6. The number of likely N-dealkylation sites (N-methyl/N-ethyl adjacent to an activating group) is 1. The number of hydrogen-bond acceptors (Lipinski definition) is 4. The van der Waals surface area contributed by atoms with Crippen molar-refractivity contribution in [1.82, 2.24) is 9.62 Å². The Bertz CT molecular complexity index is 560. The molecule has 0 bridgehead atoms. The third-order valence-electron chi connectivity index (χ3n) is 4.13. The fourth-order valence-electron chi connectivity index (χ4n) is 2.89. The Labute approximate surface area is 127 Å². The second kappa shape index (κ2) is 7.24. The summed E-state index contributed by atoms with van der Waals surface area (Å²) in [5.41, 5.74) is 0.675. The van der Waals surface area contributed by atoms with Crippen LogP contribution in [0.1, 0.15) is 26.2 Å². The van der Waals surface area contributed by atoms with Gasteiger partial charge < -0.3 is 5.32 Å². The summed E-state index contributed by atoms with van der Waals surface area (Å²) >= 11 is 0. The molecule has 0 amide bonds. The van der Waals surface area contributed by atoms with Crippen molar-refractivity contribution >= 4 is 15.7 Å². The summed E-state index contributed by atoms with van der Waals surface area (Å²) in [4.78, 5) is 2.78. The molecule has 118 valence electrons. The average molecular weight is 311 g/mol. The molecule has 0 radical (unpaired) electrons. The van der Waals surface area contributed by atoms with Crippen molar-refractivity contribution in [1.29, 1.82) is 0 Å². The molecule has 0 saturated carbocycles. The first-order valence-corrected chi connectivity index (χ1v) is 9.07. The van der Waals surface area contributed by atoms with Gasteiger partial charge in [0.25, 0.3) is 0 Å². The monoisotopic (exact) mass is 311 g/mol. The van der Waals surface area contributed by atoms with Crippen LogP contribution in [0.5, 0.6) is 0 Å². The van der Waals surface area contributed by atoms with Crippen molar-refractivity contribution in [2.45, 2.75) is 37.1 Å². The second-order valence-electron chi connectivity index (χ2n) is 5.36. The quantitative estimate of drug-likeness (QED) is 0.842. The number of piperidine rings is 1. The van der Waals surface area contributed by atoms with E-state index in [1.54, 1.807) is 12.1 Å². The zero-order chi connectivity index (χ0) is 15.3. The van der Waals surface area contributed by atoms with Gasteiger partial charge in [0.05, 0.1) is 5.69 Å². The first-order chi connectivity index (χ1) is 10.1. The largest absolute Gasteiger partial charge is 0.382 e. The fourth-order valence-corrected chi connectivity index (χ4v) is 3.80. The highest BCUT2D eigenvalue weighted by Crippen LogP contribution is 2.22. The number of para-hydroxylation sites is 1. The van der Waals surface area contributed by atoms with E-state index in [1.807, 2.05) is 12.1 Å². The molecule has 1 atom stereocenters. The molecule has 21 heavy (non-hydrogen) atoms. The van der Waals surface area contributed by atoms with E-state index in [4.69, 9.17) is 0 Å². The molecule has 0 aliphatic carbocycles. The number of nitrogens with one attached hydrogen (secondary N) is 2. The number of likely N-dealkylation sites (tertiary alicyclic amines) is 1. The van der Waals surface area contributed by atoms with Crippen LogP contribution < -0.4 is 10.0 Å². The smallest absolute Gasteiger partial charge is 0.242 e. The van der Waals surface area contributed by atoms with E-state index in [9.17, 15) is 8.42 Å². The summed E-state index contributed by atoms with van der Waals surface area (Å²) in [6, 6.07) is 7.54. The van der Waals surface area contributed by atoms with Gasteiger partial charge in [-0.1, -0.05) is 25.5 Å². The van der Waals surface area contributed by atoms with Crippen LogP contribution >= 0.6 is 0 Å². The lowest BCUT2D eigenvalue weighted by molar-refractivity contribution is 0.164. The molecule has 1 saturated heterocycles. The van der Waals surface area contributed by atoms with Crippen LogP contribution in [0.15, 0.2) is 29.2 Å². The summed E-state index contributed by atoms with van der Waals surface area (Å²) in [7, 11) is -1.99. The highest BCUT2D eigenvalue weighted by Gasteiger charge is 2.22. The van der Waals surface area contributed by atoms with Gasteiger partial charge in [-0.2, -0.15) is 0 Å². The Morgan fingerprint density at radius 2 is 2.05 bits per heavy atom. The van der Waals surface area contributed by atoms with Crippen LogP contribution in [0, 0.1) is 0 Å². The molecule has 0 spiro atoms. The molecule has 0 unspecified atom stereocenters. The SMILES string of the molecule is CCN1CCCC[C@@H]1CNc1ccccc1S(=O)(=O)NC. The van der Waals surface area contributed by atoms with E-state index in [1.165, 1.54) is 26.3 Å². The van der Waals surface area contributed by atoms with Crippen molar-refractivity contribution in [2.75, 3.05) is 32.0 Å². The molecule has 1 aliphatic rings. The average Bonchev–Trinajstić information content (AvgIpc) is 2.53. The standard InChI is InChI=1S/C15H25N3O2S/c1-3-18-11-7-6-8-13(18)12-17-14-9-4-5-10-15(14)21(19,20)16-2/h4-5,9-10,13,16-17H,3,6-8,11-12H2,1-2H3/t13-/m1/s1. The van der Waals surface area contributed by atoms with Crippen LogP contribution in [-0.4, -0.2) is 46.0 Å². The second-order valence-corrected chi connectivity index (χ2v) is 7.22. The number of hydrogen-bond donors (Lipinski definition) is 2. The van der Waals surface area contributed by atoms with Crippen molar-refractivity contribution in [3.8, 4) is 0 Å². The highest BCUT2D eigenvalue weighted by molar-refractivity contribution is 7.89. The highest BCUT2D eigenvalue weighted by atomic mass is 32.2. The molecule has 2 N–H and O–H groups in total. The Morgan fingerprint density at radius 3 is 2.76 bits per heavy atom. The van der Waals surface area contributed by atoms with E-state index < -0.39 is 10.0 Å². The van der Waals surface area contributed by atoms with Crippen LogP contribution in [0.25, 0.3) is 0 Å². The van der Waals surface area contributed by atoms with E-state index in [-0.39, 0.29) is 0 Å². The van der Waals surface area contributed by atoms with Gasteiger partial charge in [0.1, 0.15) is 4.90 Å². The van der Waals surface area contributed by atoms with Gasteiger partial charge in [0.15, 0.2) is 0 Å². The molecule has 0 aromatic heterocycles. The normalized spacial score (nSPS) is 20.4. The molecule has 5 nitrogen and oxygen atoms in total. The number of nitrogens with zero attached hydrogens (tertiary/aromatic N) is 1. The minimum absolute atomic E-state index is 0.311. The van der Waals surface area contributed by atoms with E-state index in [2.05, 4.69) is 21.9 Å². The lowest BCUT2D eigenvalue weighted by Gasteiger charge is -2.35. The number of benzene rings is 1. The molecule has 1 aromatic carbocycles. The van der Waals surface area contributed by atoms with Gasteiger partial charge in [-0.15, -0.1) is 0 Å². The third kappa shape index (κ3) is 3.96. The molecule has 1 aromatic rings. The summed E-state index contributed by atoms with van der Waals surface area (Å²) in [5.74, 6) is 0. The molecular formula is C15H25N3O2S. The maximum atomic E-state index is 12.0. The van der Waals surface area contributed by atoms with Crippen LogP contribution in [0.3, 0.4) is 0 Å². The summed E-state index contributed by atoms with van der Waals surface area (Å²) in [6.07, 6.45) is 3.68. The minimum atomic E-state index is -3.43. The Kier molecular flexibility index (Phi) is 5.61. The van der Waals surface area contributed by atoms with Gasteiger partial charge in [-0.25, -0.2) is 13.1 Å². The molecule has 2 rings (SSSR count). The van der Waals surface area contributed by atoms with E-state index >= 15 is 0 Å². The summed E-state index contributed by atoms with van der Waals surface area (Å²) in [6.45, 7) is 5.14. The van der Waals surface area contributed by atoms with Crippen molar-refractivity contribution in [3.05, 3.63) is 24.3 Å². The molecule has 1 fully saturated rings. The Morgan fingerprint density at radius 1 is 1.29 bits per heavy atom. The van der Waals surface area contributed by atoms with Gasteiger partial charge >= 0.3 is 0 Å². The molecular weight excluding hydrogens is 286 g/mol.